The number of nitrogens with one attached hydrogen (secondary N) is 1. The number of ether oxygens (including phenoxy) is 1. The van der Waals surface area contributed by atoms with Crippen LogP contribution in [0.2, 0.25) is 0 Å². The second kappa shape index (κ2) is 7.39. The van der Waals surface area contributed by atoms with E-state index in [0.717, 1.165) is 11.1 Å². The number of carbonyl (C=O) groups is 1. The van der Waals surface area contributed by atoms with Crippen molar-refractivity contribution in [1.82, 2.24) is 4.72 Å². The summed E-state index contributed by atoms with van der Waals surface area (Å²) in [5.74, 6) is 0. The van der Waals surface area contributed by atoms with Gasteiger partial charge in [-0.05, 0) is 37.1 Å². The van der Waals surface area contributed by atoms with Crippen LogP contribution >= 0.6 is 0 Å². The fraction of sp³-hybridized carbons (Fsp3) is 0.263. The number of rotatable bonds is 3. The molecule has 0 aromatic heterocycles. The highest BCUT2D eigenvalue weighted by Crippen LogP contribution is 2.32. The van der Waals surface area contributed by atoms with Gasteiger partial charge in [0.1, 0.15) is 6.04 Å². The van der Waals surface area contributed by atoms with Crippen LogP contribution in [0.3, 0.4) is 0 Å². The quantitative estimate of drug-likeness (QED) is 0.874. The van der Waals surface area contributed by atoms with Crippen LogP contribution in [0.1, 0.15) is 11.1 Å². The molecule has 1 N–H and O–H groups in total. The van der Waals surface area contributed by atoms with E-state index >= 15 is 0 Å². The van der Waals surface area contributed by atoms with Crippen molar-refractivity contribution >= 4 is 21.8 Å². The molecule has 2 aromatic carbocycles. The first-order valence-electron chi connectivity index (χ1n) is 8.31. The molecule has 140 valence electrons. The summed E-state index contributed by atoms with van der Waals surface area (Å²) in [6.07, 6.45) is -0.430. The molecule has 7 nitrogen and oxygen atoms in total. The zero-order valence-corrected chi connectivity index (χ0v) is 15.7. The van der Waals surface area contributed by atoms with Crippen LogP contribution in [0.5, 0.6) is 0 Å². The first kappa shape index (κ1) is 18.9. The van der Waals surface area contributed by atoms with Gasteiger partial charge in [0.2, 0.25) is 10.0 Å². The maximum Gasteiger partial charge on any atom is 0.415 e. The summed E-state index contributed by atoms with van der Waals surface area (Å²) in [5.41, 5.74) is 2.24. The first-order valence-corrected chi connectivity index (χ1v) is 9.79. The topological polar surface area (TPSA) is 99.5 Å². The van der Waals surface area contributed by atoms with Crippen molar-refractivity contribution in [3.05, 3.63) is 59.7 Å². The summed E-state index contributed by atoms with van der Waals surface area (Å²) >= 11 is 0. The second-order valence-electron chi connectivity index (χ2n) is 6.29. The number of nitrogens with zero attached hydrogens (tertiary/aromatic N) is 2. The summed E-state index contributed by atoms with van der Waals surface area (Å²) < 4.78 is 32.9. The normalized spacial score (nSPS) is 19.1. The third kappa shape index (κ3) is 3.65. The fourth-order valence-electron chi connectivity index (χ4n) is 3.15. The molecule has 0 radical (unpaired) electrons. The molecule has 0 saturated carbocycles. The van der Waals surface area contributed by atoms with Crippen LogP contribution in [-0.4, -0.2) is 33.7 Å². The molecular weight excluding hydrogens is 366 g/mol. The number of methoxy groups -OCH3 is 1. The van der Waals surface area contributed by atoms with Crippen LogP contribution in [0.4, 0.5) is 10.5 Å². The van der Waals surface area contributed by atoms with E-state index in [4.69, 9.17) is 4.74 Å². The van der Waals surface area contributed by atoms with Gasteiger partial charge in [-0.25, -0.2) is 17.9 Å². The van der Waals surface area contributed by atoms with Crippen molar-refractivity contribution in [2.24, 2.45) is 0 Å². The number of carbonyl (C=O) groups excluding carboxylic acids is 1. The maximum absolute atomic E-state index is 12.8. The van der Waals surface area contributed by atoms with E-state index in [1.165, 1.54) is 24.1 Å². The number of nitriles is 1. The summed E-state index contributed by atoms with van der Waals surface area (Å²) in [7, 11) is -2.64. The Balaban J connectivity index is 1.99. The van der Waals surface area contributed by atoms with Gasteiger partial charge < -0.3 is 4.74 Å². The van der Waals surface area contributed by atoms with Crippen LogP contribution in [0.25, 0.3) is 0 Å². The SMILES string of the molecule is COC(=O)N1c2ccccc2C[C@@H](NS(=O)(=O)c2ccc(C)cc2)[C@@H]1C#N. The molecule has 8 heteroatoms. The van der Waals surface area contributed by atoms with Gasteiger partial charge in [0.25, 0.3) is 0 Å². The minimum Gasteiger partial charge on any atom is -0.452 e. The number of para-hydroxylation sites is 1. The van der Waals surface area contributed by atoms with E-state index < -0.39 is 28.2 Å². The Morgan fingerprint density at radius 1 is 1.22 bits per heavy atom. The molecule has 1 aliphatic heterocycles. The molecule has 2 aromatic rings. The number of aryl methyl sites for hydroxylation is 1. The lowest BCUT2D eigenvalue weighted by Crippen LogP contribution is -2.57. The summed E-state index contributed by atoms with van der Waals surface area (Å²) in [6.45, 7) is 1.86. The van der Waals surface area contributed by atoms with E-state index in [9.17, 15) is 18.5 Å². The Kier molecular flexibility index (Phi) is 5.17. The number of hydrogen-bond donors (Lipinski definition) is 1. The van der Waals surface area contributed by atoms with Crippen LogP contribution in [0.15, 0.2) is 53.4 Å². The summed E-state index contributed by atoms with van der Waals surface area (Å²) in [4.78, 5) is 13.6. The van der Waals surface area contributed by atoms with Crippen molar-refractivity contribution in [3.8, 4) is 6.07 Å². The highest BCUT2D eigenvalue weighted by atomic mass is 32.2. The third-order valence-corrected chi connectivity index (χ3v) is 6.00. The van der Waals surface area contributed by atoms with Crippen molar-refractivity contribution in [2.45, 2.75) is 30.3 Å². The fourth-order valence-corrected chi connectivity index (χ4v) is 4.39. The van der Waals surface area contributed by atoms with Crippen LogP contribution in [0, 0.1) is 18.3 Å². The lowest BCUT2D eigenvalue weighted by atomic mass is 9.93. The lowest BCUT2D eigenvalue weighted by Gasteiger charge is -2.37. The highest BCUT2D eigenvalue weighted by Gasteiger charge is 2.40. The average Bonchev–Trinajstić information content (AvgIpc) is 2.66. The van der Waals surface area contributed by atoms with Gasteiger partial charge in [0.05, 0.1) is 29.8 Å². The number of anilines is 1. The first-order chi connectivity index (χ1) is 12.9. The molecule has 1 aliphatic rings. The Bertz CT molecular complexity index is 996. The molecule has 27 heavy (non-hydrogen) atoms. The minimum absolute atomic E-state index is 0.105. The van der Waals surface area contributed by atoms with Gasteiger partial charge in [-0.2, -0.15) is 5.26 Å². The molecule has 1 amide bonds. The van der Waals surface area contributed by atoms with Crippen molar-refractivity contribution in [2.75, 3.05) is 12.0 Å². The Labute approximate surface area is 158 Å². The van der Waals surface area contributed by atoms with Crippen molar-refractivity contribution in [1.29, 1.82) is 5.26 Å². The minimum atomic E-state index is -3.86. The zero-order valence-electron chi connectivity index (χ0n) is 14.9. The van der Waals surface area contributed by atoms with Gasteiger partial charge in [0.15, 0.2) is 0 Å². The van der Waals surface area contributed by atoms with E-state index in [0.29, 0.717) is 5.69 Å². The second-order valence-corrected chi connectivity index (χ2v) is 8.00. The zero-order chi connectivity index (χ0) is 19.6. The highest BCUT2D eigenvalue weighted by molar-refractivity contribution is 7.89. The van der Waals surface area contributed by atoms with E-state index in [1.807, 2.05) is 13.0 Å². The van der Waals surface area contributed by atoms with E-state index in [1.54, 1.807) is 36.4 Å². The molecule has 0 aliphatic carbocycles. The number of sulfonamides is 1. The Hall–Kier alpha value is -2.89. The van der Waals surface area contributed by atoms with Crippen molar-refractivity contribution < 1.29 is 17.9 Å². The smallest absolute Gasteiger partial charge is 0.415 e. The van der Waals surface area contributed by atoms with Gasteiger partial charge in [0, 0.05) is 0 Å². The number of fused-ring (bicyclic) bond motifs is 1. The summed E-state index contributed by atoms with van der Waals surface area (Å²) in [5, 5.41) is 9.67. The summed E-state index contributed by atoms with van der Waals surface area (Å²) in [6, 6.07) is 13.7. The molecule has 3 rings (SSSR count). The van der Waals surface area contributed by atoms with Gasteiger partial charge in [-0.1, -0.05) is 35.9 Å². The van der Waals surface area contributed by atoms with Crippen LogP contribution in [-0.2, 0) is 21.2 Å². The lowest BCUT2D eigenvalue weighted by molar-refractivity contribution is 0.175. The third-order valence-electron chi connectivity index (χ3n) is 4.49. The predicted molar refractivity (Wildman–Crippen MR) is 99.7 cm³/mol. The van der Waals surface area contributed by atoms with Crippen molar-refractivity contribution in [3.63, 3.8) is 0 Å². The van der Waals surface area contributed by atoms with Gasteiger partial charge in [-0.3, -0.25) is 4.90 Å². The van der Waals surface area contributed by atoms with Gasteiger partial charge in [-0.15, -0.1) is 0 Å². The van der Waals surface area contributed by atoms with Gasteiger partial charge >= 0.3 is 6.09 Å². The molecular formula is C19H19N3O4S. The standard InChI is InChI=1S/C19H19N3O4S/c1-13-7-9-15(10-8-13)27(24,25)21-16-11-14-5-3-4-6-17(14)22(18(16)12-20)19(23)26-2/h3-10,16,18,21H,11H2,1-2H3/t16-,18+/m1/s1. The molecule has 0 spiro atoms. The maximum atomic E-state index is 12.8. The largest absolute Gasteiger partial charge is 0.452 e. The number of benzene rings is 2. The molecule has 0 saturated heterocycles. The molecule has 0 bridgehead atoms. The van der Waals surface area contributed by atoms with E-state index in [-0.39, 0.29) is 11.3 Å². The molecule has 2 atom stereocenters. The number of amides is 1. The molecule has 0 fully saturated rings. The monoisotopic (exact) mass is 385 g/mol. The van der Waals surface area contributed by atoms with E-state index in [2.05, 4.69) is 4.72 Å². The molecule has 0 unspecified atom stereocenters. The predicted octanol–water partition coefficient (Wildman–Crippen LogP) is 2.36. The van der Waals surface area contributed by atoms with Crippen LogP contribution < -0.4 is 9.62 Å². The number of hydrogen-bond acceptors (Lipinski definition) is 5. The Morgan fingerprint density at radius 2 is 1.89 bits per heavy atom. The molecule has 1 heterocycles. The Morgan fingerprint density at radius 3 is 2.52 bits per heavy atom. The average molecular weight is 385 g/mol.